The van der Waals surface area contributed by atoms with Crippen LogP contribution >= 0.6 is 0 Å². The number of hydrogen-bond acceptors (Lipinski definition) is 3. The summed E-state index contributed by atoms with van der Waals surface area (Å²) in [5.74, 6) is -0.242. The highest BCUT2D eigenvalue weighted by Crippen LogP contribution is 2.13. The molecule has 23 heavy (non-hydrogen) atoms. The minimum atomic E-state index is -0.223. The van der Waals surface area contributed by atoms with Crippen LogP contribution in [0, 0.1) is 0 Å². The molecule has 0 spiro atoms. The first kappa shape index (κ1) is 20.6. The van der Waals surface area contributed by atoms with Crippen LogP contribution in [0.1, 0.15) is 68.2 Å². The Kier molecular flexibility index (Phi) is 10.1. The molecule has 1 amide bonds. The van der Waals surface area contributed by atoms with E-state index in [0.717, 1.165) is 12.8 Å². The fourth-order valence-corrected chi connectivity index (χ4v) is 1.85. The van der Waals surface area contributed by atoms with Gasteiger partial charge < -0.3 is 11.1 Å². The van der Waals surface area contributed by atoms with Crippen LogP contribution in [0.5, 0.6) is 0 Å². The van der Waals surface area contributed by atoms with Crippen molar-refractivity contribution in [3.05, 3.63) is 58.9 Å². The van der Waals surface area contributed by atoms with Gasteiger partial charge in [0, 0.05) is 16.8 Å². The van der Waals surface area contributed by atoms with Crippen molar-refractivity contribution >= 4 is 11.7 Å². The summed E-state index contributed by atoms with van der Waals surface area (Å²) in [5.41, 5.74) is 8.28. The molecule has 0 fully saturated rings. The lowest BCUT2D eigenvalue weighted by molar-refractivity contribution is 0.0963. The van der Waals surface area contributed by atoms with Crippen molar-refractivity contribution in [2.45, 2.75) is 47.5 Å². The number of allylic oxidation sites excluding steroid dienone is 3. The first-order valence-corrected chi connectivity index (χ1v) is 8.15. The number of benzene rings is 1. The summed E-state index contributed by atoms with van der Waals surface area (Å²) in [5, 5.41) is 2.78. The average Bonchev–Trinajstić information content (AvgIpc) is 2.60. The van der Waals surface area contributed by atoms with E-state index >= 15 is 0 Å². The number of nitrogens with two attached hydrogens (primary N) is 1. The predicted molar refractivity (Wildman–Crippen MR) is 96.2 cm³/mol. The molecule has 126 valence electrons. The zero-order valence-electron chi connectivity index (χ0n) is 14.8. The van der Waals surface area contributed by atoms with E-state index in [9.17, 15) is 9.59 Å². The number of hydrogen-bond donors (Lipinski definition) is 2. The van der Waals surface area contributed by atoms with Crippen LogP contribution in [0.2, 0.25) is 0 Å². The van der Waals surface area contributed by atoms with Crippen LogP contribution in [-0.4, -0.2) is 11.7 Å². The molecule has 1 aliphatic carbocycles. The maximum absolute atomic E-state index is 12.0. The van der Waals surface area contributed by atoms with E-state index < -0.39 is 0 Å². The maximum Gasteiger partial charge on any atom is 0.255 e. The van der Waals surface area contributed by atoms with Crippen molar-refractivity contribution in [1.82, 2.24) is 5.32 Å². The molecule has 0 saturated heterocycles. The van der Waals surface area contributed by atoms with E-state index in [1.54, 1.807) is 24.3 Å². The Hall–Kier alpha value is -2.36. The van der Waals surface area contributed by atoms with Gasteiger partial charge in [0.1, 0.15) is 0 Å². The SMILES string of the molecule is CC.CC.CC(=O)c1ccc(C(=O)NC2=C(N)CCC=C2)cc1. The van der Waals surface area contributed by atoms with Crippen LogP contribution in [0.15, 0.2) is 47.8 Å². The van der Waals surface area contributed by atoms with Gasteiger partial charge in [-0.3, -0.25) is 9.59 Å². The summed E-state index contributed by atoms with van der Waals surface area (Å²) in [7, 11) is 0. The Labute approximate surface area is 139 Å². The van der Waals surface area contributed by atoms with Crippen LogP contribution < -0.4 is 11.1 Å². The minimum absolute atomic E-state index is 0.0193. The average molecular weight is 316 g/mol. The monoisotopic (exact) mass is 316 g/mol. The van der Waals surface area contributed by atoms with Gasteiger partial charge in [0.25, 0.3) is 5.91 Å². The highest BCUT2D eigenvalue weighted by molar-refractivity contribution is 5.98. The lowest BCUT2D eigenvalue weighted by Crippen LogP contribution is -2.25. The molecule has 0 saturated carbocycles. The molecule has 0 aromatic heterocycles. The second-order valence-electron chi connectivity index (χ2n) is 4.47. The van der Waals surface area contributed by atoms with E-state index in [0.29, 0.717) is 22.5 Å². The van der Waals surface area contributed by atoms with Crippen LogP contribution in [0.4, 0.5) is 0 Å². The summed E-state index contributed by atoms with van der Waals surface area (Å²) < 4.78 is 0. The van der Waals surface area contributed by atoms with Gasteiger partial charge in [-0.15, -0.1) is 0 Å². The van der Waals surface area contributed by atoms with Crippen LogP contribution in [-0.2, 0) is 0 Å². The zero-order valence-corrected chi connectivity index (χ0v) is 14.8. The molecule has 0 atom stereocenters. The molecular weight excluding hydrogens is 288 g/mol. The summed E-state index contributed by atoms with van der Waals surface area (Å²) in [6.07, 6.45) is 5.46. The van der Waals surface area contributed by atoms with E-state index in [1.807, 2.05) is 39.8 Å². The van der Waals surface area contributed by atoms with Crippen molar-refractivity contribution in [3.8, 4) is 0 Å². The molecule has 4 heteroatoms. The largest absolute Gasteiger partial charge is 0.400 e. The third-order valence-corrected chi connectivity index (χ3v) is 3.01. The first-order valence-electron chi connectivity index (χ1n) is 8.15. The number of carbonyl (C=O) groups excluding carboxylic acids is 2. The smallest absolute Gasteiger partial charge is 0.255 e. The molecule has 3 N–H and O–H groups in total. The molecular formula is C19H28N2O2. The molecule has 0 aliphatic heterocycles. The molecule has 4 nitrogen and oxygen atoms in total. The predicted octanol–water partition coefficient (Wildman–Crippen LogP) is 4.19. The lowest BCUT2D eigenvalue weighted by atomic mass is 10.1. The van der Waals surface area contributed by atoms with Crippen LogP contribution in [0.3, 0.4) is 0 Å². The number of nitrogens with one attached hydrogen (secondary N) is 1. The van der Waals surface area contributed by atoms with Gasteiger partial charge in [0.15, 0.2) is 5.78 Å². The Morgan fingerprint density at radius 3 is 2.00 bits per heavy atom. The first-order chi connectivity index (χ1) is 11.1. The summed E-state index contributed by atoms with van der Waals surface area (Å²) in [4.78, 5) is 23.2. The van der Waals surface area contributed by atoms with Crippen molar-refractivity contribution in [3.63, 3.8) is 0 Å². The van der Waals surface area contributed by atoms with Gasteiger partial charge in [0.05, 0.1) is 5.70 Å². The molecule has 1 aromatic rings. The lowest BCUT2D eigenvalue weighted by Gasteiger charge is -2.13. The Morgan fingerprint density at radius 2 is 1.52 bits per heavy atom. The van der Waals surface area contributed by atoms with Gasteiger partial charge in [-0.05, 0) is 38.0 Å². The van der Waals surface area contributed by atoms with E-state index in [1.165, 1.54) is 6.92 Å². The normalized spacial score (nSPS) is 12.4. The molecule has 0 unspecified atom stereocenters. The summed E-state index contributed by atoms with van der Waals surface area (Å²) >= 11 is 0. The van der Waals surface area contributed by atoms with Gasteiger partial charge in [0.2, 0.25) is 0 Å². The highest BCUT2D eigenvalue weighted by atomic mass is 16.1. The summed E-state index contributed by atoms with van der Waals surface area (Å²) in [6, 6.07) is 6.56. The van der Waals surface area contributed by atoms with Gasteiger partial charge >= 0.3 is 0 Å². The molecule has 0 bridgehead atoms. The quantitative estimate of drug-likeness (QED) is 0.821. The molecule has 0 heterocycles. The van der Waals surface area contributed by atoms with Gasteiger partial charge in [-0.25, -0.2) is 0 Å². The number of carbonyl (C=O) groups is 2. The molecule has 2 rings (SSSR count). The van der Waals surface area contributed by atoms with E-state index in [4.69, 9.17) is 5.73 Å². The fourth-order valence-electron chi connectivity index (χ4n) is 1.85. The van der Waals surface area contributed by atoms with Crippen molar-refractivity contribution in [2.24, 2.45) is 5.73 Å². The second-order valence-corrected chi connectivity index (χ2v) is 4.47. The Bertz CT molecular complexity index is 570. The number of amides is 1. The molecule has 1 aliphatic rings. The van der Waals surface area contributed by atoms with E-state index in [2.05, 4.69) is 5.32 Å². The second kappa shape index (κ2) is 11.2. The van der Waals surface area contributed by atoms with Crippen molar-refractivity contribution in [1.29, 1.82) is 0 Å². The third-order valence-electron chi connectivity index (χ3n) is 3.01. The molecule has 0 radical (unpaired) electrons. The highest BCUT2D eigenvalue weighted by Gasteiger charge is 2.11. The fraction of sp³-hybridized carbons (Fsp3) is 0.368. The van der Waals surface area contributed by atoms with Gasteiger partial charge in [-0.1, -0.05) is 45.9 Å². The van der Waals surface area contributed by atoms with Crippen LogP contribution in [0.25, 0.3) is 0 Å². The number of rotatable bonds is 3. The van der Waals surface area contributed by atoms with E-state index in [-0.39, 0.29) is 11.7 Å². The van der Waals surface area contributed by atoms with Crippen molar-refractivity contribution < 1.29 is 9.59 Å². The molecule has 1 aromatic carbocycles. The Balaban J connectivity index is 0.00000112. The maximum atomic E-state index is 12.0. The third kappa shape index (κ3) is 6.51. The Morgan fingerprint density at radius 1 is 1.00 bits per heavy atom. The topological polar surface area (TPSA) is 72.2 Å². The number of Topliss-reactive ketones (excluding diaryl/α,β-unsaturated/α-hetero) is 1. The number of ketones is 1. The van der Waals surface area contributed by atoms with Crippen molar-refractivity contribution in [2.75, 3.05) is 0 Å². The van der Waals surface area contributed by atoms with Gasteiger partial charge in [-0.2, -0.15) is 0 Å². The summed E-state index contributed by atoms with van der Waals surface area (Å²) in [6.45, 7) is 9.49. The standard InChI is InChI=1S/C15H16N2O2.2C2H6/c1-10(18)11-6-8-12(9-7-11)15(19)17-14-5-3-2-4-13(14)16;2*1-2/h3,5-9H,2,4,16H2,1H3,(H,17,19);2*1-2H3. The minimum Gasteiger partial charge on any atom is -0.400 e. The zero-order chi connectivity index (χ0) is 17.8.